The fourth-order valence-corrected chi connectivity index (χ4v) is 5.81. The van der Waals surface area contributed by atoms with Crippen LogP contribution in [0.15, 0.2) is 0 Å². The summed E-state index contributed by atoms with van der Waals surface area (Å²) in [6.07, 6.45) is 7.70. The highest BCUT2D eigenvalue weighted by Gasteiger charge is 2.54. The van der Waals surface area contributed by atoms with E-state index in [1.807, 2.05) is 0 Å². The molecule has 0 atom stereocenters. The first-order chi connectivity index (χ1) is 9.78. The van der Waals surface area contributed by atoms with E-state index in [0.717, 1.165) is 30.8 Å². The summed E-state index contributed by atoms with van der Waals surface area (Å²) < 4.78 is 0. The van der Waals surface area contributed by atoms with Gasteiger partial charge in [-0.1, -0.05) is 13.8 Å². The lowest BCUT2D eigenvalue weighted by molar-refractivity contribution is -0.146. The average Bonchev–Trinajstić information content (AvgIpc) is 2.32. The predicted octanol–water partition coefficient (Wildman–Crippen LogP) is 2.91. The largest absolute Gasteiger partial charge is 0.355 e. The first kappa shape index (κ1) is 15.3. The summed E-state index contributed by atoms with van der Waals surface area (Å²) >= 11 is 0. The lowest BCUT2D eigenvalue weighted by atomic mass is 9.49. The van der Waals surface area contributed by atoms with Gasteiger partial charge in [0.25, 0.3) is 0 Å². The van der Waals surface area contributed by atoms with Gasteiger partial charge < -0.3 is 10.2 Å². The summed E-state index contributed by atoms with van der Waals surface area (Å²) in [6.45, 7) is 6.29. The van der Waals surface area contributed by atoms with Crippen LogP contribution in [-0.2, 0) is 4.79 Å². The van der Waals surface area contributed by atoms with Crippen molar-refractivity contribution in [2.45, 2.75) is 52.4 Å². The summed E-state index contributed by atoms with van der Waals surface area (Å²) in [5.74, 6) is 2.90. The van der Waals surface area contributed by atoms with E-state index in [1.165, 1.54) is 38.5 Å². The Morgan fingerprint density at radius 1 is 1.10 bits per heavy atom. The summed E-state index contributed by atoms with van der Waals surface area (Å²) in [5, 5.41) is 3.32. The maximum atomic E-state index is 12.9. The molecule has 4 aliphatic carbocycles. The molecule has 4 bridgehead atoms. The zero-order valence-electron chi connectivity index (χ0n) is 14.2. The molecule has 0 spiro atoms. The van der Waals surface area contributed by atoms with Gasteiger partial charge in [0.1, 0.15) is 0 Å². The molecule has 1 N–H and O–H groups in total. The molecule has 3 nitrogen and oxygen atoms in total. The molecule has 0 aromatic carbocycles. The van der Waals surface area contributed by atoms with Gasteiger partial charge in [-0.25, -0.2) is 0 Å². The number of carbonyl (C=O) groups excluding carboxylic acids is 1. The van der Waals surface area contributed by atoms with Gasteiger partial charge in [0.15, 0.2) is 0 Å². The van der Waals surface area contributed by atoms with Gasteiger partial charge in [-0.15, -0.1) is 0 Å². The van der Waals surface area contributed by atoms with Crippen LogP contribution in [0.25, 0.3) is 0 Å². The quantitative estimate of drug-likeness (QED) is 0.845. The highest BCUT2D eigenvalue weighted by molar-refractivity contribution is 5.83. The third kappa shape index (κ3) is 3.13. The fraction of sp³-hybridized carbons (Fsp3) is 0.944. The second kappa shape index (κ2) is 5.26. The van der Waals surface area contributed by atoms with E-state index in [4.69, 9.17) is 0 Å². The maximum Gasteiger partial charge on any atom is 0.226 e. The highest BCUT2D eigenvalue weighted by atomic mass is 16.2. The number of amides is 1. The van der Waals surface area contributed by atoms with Crippen LogP contribution in [0, 0.1) is 28.6 Å². The fourth-order valence-electron chi connectivity index (χ4n) is 5.81. The van der Waals surface area contributed by atoms with E-state index < -0.39 is 0 Å². The molecule has 0 aliphatic heterocycles. The van der Waals surface area contributed by atoms with Crippen LogP contribution in [0.4, 0.5) is 0 Å². The van der Waals surface area contributed by atoms with E-state index in [2.05, 4.69) is 38.2 Å². The van der Waals surface area contributed by atoms with Crippen LogP contribution >= 0.6 is 0 Å². The van der Waals surface area contributed by atoms with Gasteiger partial charge >= 0.3 is 0 Å². The zero-order chi connectivity index (χ0) is 15.3. The minimum atomic E-state index is 0.00292. The van der Waals surface area contributed by atoms with Crippen LogP contribution in [0.3, 0.4) is 0 Å². The van der Waals surface area contributed by atoms with Crippen LogP contribution in [0.1, 0.15) is 52.4 Å². The molecule has 0 radical (unpaired) electrons. The molecule has 1 amide bonds. The van der Waals surface area contributed by atoms with E-state index in [9.17, 15) is 4.79 Å². The number of nitrogens with zero attached hydrogens (tertiary/aromatic N) is 1. The Bertz CT molecular complexity index is 378. The van der Waals surface area contributed by atoms with Crippen molar-refractivity contribution < 1.29 is 4.79 Å². The smallest absolute Gasteiger partial charge is 0.226 e. The van der Waals surface area contributed by atoms with E-state index in [-0.39, 0.29) is 10.8 Å². The molecule has 120 valence electrons. The van der Waals surface area contributed by atoms with E-state index in [0.29, 0.717) is 5.91 Å². The molecule has 4 saturated carbocycles. The molecule has 0 saturated heterocycles. The van der Waals surface area contributed by atoms with Crippen molar-refractivity contribution in [3.05, 3.63) is 0 Å². The van der Waals surface area contributed by atoms with Crippen molar-refractivity contribution >= 4 is 5.91 Å². The summed E-state index contributed by atoms with van der Waals surface area (Å²) in [6, 6.07) is 0. The second-order valence-corrected chi connectivity index (χ2v) is 9.28. The molecule has 21 heavy (non-hydrogen) atoms. The lowest BCUT2D eigenvalue weighted by Crippen LogP contribution is -2.55. The Balaban J connectivity index is 1.61. The first-order valence-corrected chi connectivity index (χ1v) is 8.71. The standard InChI is InChI=1S/C18H32N2O/c1-17(2,12-20(3)4)11-19-16(21)18-8-13-5-14(9-18)7-15(6-13)10-18/h13-15H,5-12H2,1-4H3,(H,19,21). The van der Waals surface area contributed by atoms with Crippen molar-refractivity contribution in [1.29, 1.82) is 0 Å². The van der Waals surface area contributed by atoms with Gasteiger partial charge in [-0.05, 0) is 75.8 Å². The molecule has 4 fully saturated rings. The summed E-state index contributed by atoms with van der Waals surface area (Å²) in [5.41, 5.74) is 0.143. The first-order valence-electron chi connectivity index (χ1n) is 8.71. The predicted molar refractivity (Wildman–Crippen MR) is 85.9 cm³/mol. The molecule has 4 aliphatic rings. The van der Waals surface area contributed by atoms with Crippen LogP contribution in [0.5, 0.6) is 0 Å². The minimum Gasteiger partial charge on any atom is -0.355 e. The van der Waals surface area contributed by atoms with Gasteiger partial charge in [0, 0.05) is 18.5 Å². The SMILES string of the molecule is CN(C)CC(C)(C)CNC(=O)C12CC3CC(CC(C3)C1)C2. The molecule has 3 heteroatoms. The third-order valence-electron chi connectivity index (χ3n) is 5.99. The van der Waals surface area contributed by atoms with Crippen LogP contribution < -0.4 is 5.32 Å². The van der Waals surface area contributed by atoms with Gasteiger partial charge in [-0.2, -0.15) is 0 Å². The van der Waals surface area contributed by atoms with Crippen molar-refractivity contribution in [2.75, 3.05) is 27.2 Å². The van der Waals surface area contributed by atoms with Crippen LogP contribution in [-0.4, -0.2) is 38.0 Å². The number of hydrogen-bond donors (Lipinski definition) is 1. The van der Waals surface area contributed by atoms with Gasteiger partial charge in [0.2, 0.25) is 5.91 Å². The Hall–Kier alpha value is -0.570. The Morgan fingerprint density at radius 3 is 2.00 bits per heavy atom. The topological polar surface area (TPSA) is 32.3 Å². The van der Waals surface area contributed by atoms with Gasteiger partial charge in [-0.3, -0.25) is 4.79 Å². The van der Waals surface area contributed by atoms with Crippen LogP contribution in [0.2, 0.25) is 0 Å². The Kier molecular flexibility index (Phi) is 3.84. The molecular formula is C18H32N2O. The second-order valence-electron chi connectivity index (χ2n) is 9.28. The monoisotopic (exact) mass is 292 g/mol. The number of carbonyl (C=O) groups is 1. The molecular weight excluding hydrogens is 260 g/mol. The summed E-state index contributed by atoms with van der Waals surface area (Å²) in [4.78, 5) is 15.1. The normalized spacial score (nSPS) is 38.0. The maximum absolute atomic E-state index is 12.9. The molecule has 0 heterocycles. The Morgan fingerprint density at radius 2 is 1.57 bits per heavy atom. The van der Waals surface area contributed by atoms with Gasteiger partial charge in [0.05, 0.1) is 0 Å². The van der Waals surface area contributed by atoms with Crippen molar-refractivity contribution in [1.82, 2.24) is 10.2 Å². The van der Waals surface area contributed by atoms with E-state index >= 15 is 0 Å². The number of rotatable bonds is 5. The van der Waals surface area contributed by atoms with E-state index in [1.54, 1.807) is 0 Å². The minimum absolute atomic E-state index is 0.00292. The van der Waals surface area contributed by atoms with Crippen molar-refractivity contribution in [3.63, 3.8) is 0 Å². The molecule has 4 rings (SSSR count). The average molecular weight is 292 g/mol. The molecule has 0 aromatic heterocycles. The highest BCUT2D eigenvalue weighted by Crippen LogP contribution is 2.60. The van der Waals surface area contributed by atoms with Crippen molar-refractivity contribution in [3.8, 4) is 0 Å². The van der Waals surface area contributed by atoms with Crippen molar-refractivity contribution in [2.24, 2.45) is 28.6 Å². The summed E-state index contributed by atoms with van der Waals surface area (Å²) in [7, 11) is 4.20. The Labute approximate surface area is 129 Å². The lowest BCUT2D eigenvalue weighted by Gasteiger charge is -2.55. The molecule has 0 aromatic rings. The third-order valence-corrected chi connectivity index (χ3v) is 5.99. The molecule has 0 unspecified atom stereocenters. The number of nitrogens with one attached hydrogen (secondary N) is 1. The zero-order valence-corrected chi connectivity index (χ0v) is 14.2. The number of hydrogen-bond acceptors (Lipinski definition) is 2.